The van der Waals surface area contributed by atoms with Crippen LogP contribution in [0.5, 0.6) is 5.75 Å². The summed E-state index contributed by atoms with van der Waals surface area (Å²) >= 11 is 0. The van der Waals surface area contributed by atoms with Gasteiger partial charge in [0, 0.05) is 50.3 Å². The van der Waals surface area contributed by atoms with E-state index in [0.29, 0.717) is 29.0 Å². The normalized spacial score (nSPS) is 17.1. The van der Waals surface area contributed by atoms with Crippen molar-refractivity contribution in [1.82, 2.24) is 20.1 Å². The van der Waals surface area contributed by atoms with Crippen LogP contribution in [0, 0.1) is 6.92 Å². The first kappa shape index (κ1) is 21.5. The Morgan fingerprint density at radius 3 is 2.71 bits per heavy atom. The molecule has 0 N–H and O–H groups in total. The number of nitrogens with zero attached hydrogens (tertiary/aromatic N) is 5. The summed E-state index contributed by atoms with van der Waals surface area (Å²) in [7, 11) is 3.79. The van der Waals surface area contributed by atoms with Crippen molar-refractivity contribution in [2.75, 3.05) is 38.9 Å². The predicted octanol–water partition coefficient (Wildman–Crippen LogP) is 3.88. The van der Waals surface area contributed by atoms with Crippen molar-refractivity contribution < 1.29 is 13.9 Å². The Balaban J connectivity index is 1.57. The van der Waals surface area contributed by atoms with Crippen molar-refractivity contribution in [2.24, 2.45) is 0 Å². The predicted molar refractivity (Wildman–Crippen MR) is 120 cm³/mol. The maximum Gasteiger partial charge on any atom is 0.192 e. The van der Waals surface area contributed by atoms with Gasteiger partial charge in [-0.1, -0.05) is 0 Å². The fraction of sp³-hybridized carbons (Fsp3) is 0.522. The molecule has 166 valence electrons. The molecular formula is C23H31N5O3. The molecule has 1 aliphatic heterocycles. The zero-order valence-corrected chi connectivity index (χ0v) is 19.2. The van der Waals surface area contributed by atoms with Gasteiger partial charge in [-0.3, -0.25) is 4.90 Å². The molecule has 3 aromatic rings. The molecular weight excluding hydrogens is 394 g/mol. The molecule has 0 radical (unpaired) electrons. The van der Waals surface area contributed by atoms with E-state index in [-0.39, 0.29) is 12.3 Å². The van der Waals surface area contributed by atoms with Crippen LogP contribution >= 0.6 is 0 Å². The summed E-state index contributed by atoms with van der Waals surface area (Å²) in [5, 5.41) is 9.03. The molecule has 0 spiro atoms. The average Bonchev–Trinajstić information content (AvgIpc) is 3.36. The third-order valence-electron chi connectivity index (χ3n) is 5.95. The van der Waals surface area contributed by atoms with Crippen LogP contribution in [0.1, 0.15) is 33.1 Å². The Hall–Kier alpha value is -2.71. The fourth-order valence-corrected chi connectivity index (χ4v) is 3.96. The topological polar surface area (TPSA) is 76.8 Å². The van der Waals surface area contributed by atoms with E-state index >= 15 is 0 Å². The Morgan fingerprint density at radius 2 is 2.03 bits per heavy atom. The van der Waals surface area contributed by atoms with Crippen LogP contribution in [0.25, 0.3) is 22.4 Å². The minimum absolute atomic E-state index is 0.136. The fourth-order valence-electron chi connectivity index (χ4n) is 3.96. The molecule has 1 fully saturated rings. The van der Waals surface area contributed by atoms with Crippen molar-refractivity contribution in [3.63, 3.8) is 0 Å². The van der Waals surface area contributed by atoms with Gasteiger partial charge in [0.2, 0.25) is 0 Å². The molecule has 2 aromatic heterocycles. The molecule has 0 saturated carbocycles. The lowest BCUT2D eigenvalue weighted by atomic mass is 10.0. The maximum absolute atomic E-state index is 5.77. The number of likely N-dealkylation sites (N-methyl/N-ethyl adjacent to an activating group) is 1. The highest BCUT2D eigenvalue weighted by molar-refractivity contribution is 5.84. The lowest BCUT2D eigenvalue weighted by Gasteiger charge is -2.36. The summed E-state index contributed by atoms with van der Waals surface area (Å²) in [6, 6.07) is 8.26. The van der Waals surface area contributed by atoms with E-state index in [9.17, 15) is 0 Å². The van der Waals surface area contributed by atoms with Crippen LogP contribution in [-0.4, -0.2) is 65.7 Å². The molecule has 0 unspecified atom stereocenters. The second kappa shape index (κ2) is 8.43. The molecule has 1 saturated heterocycles. The average molecular weight is 426 g/mol. The van der Waals surface area contributed by atoms with Gasteiger partial charge in [-0.25, -0.2) is 4.98 Å². The minimum Gasteiger partial charge on any atom is -0.467 e. The van der Waals surface area contributed by atoms with E-state index in [1.807, 2.05) is 31.2 Å². The number of anilines is 1. The van der Waals surface area contributed by atoms with Crippen LogP contribution in [0.15, 0.2) is 28.7 Å². The summed E-state index contributed by atoms with van der Waals surface area (Å²) in [6.45, 7) is 10.6. The van der Waals surface area contributed by atoms with E-state index in [1.54, 1.807) is 7.11 Å². The molecule has 4 rings (SSSR count). The Labute approximate surface area is 183 Å². The SMILES string of the molecule is COCOc1cc2nc(C)oc2cc1-c1ccc(N2CC[C@@H](N(C)C(C)(C)C)C2)nn1. The van der Waals surface area contributed by atoms with Gasteiger partial charge in [0.25, 0.3) is 0 Å². The molecule has 31 heavy (non-hydrogen) atoms. The van der Waals surface area contributed by atoms with Crippen molar-refractivity contribution in [3.05, 3.63) is 30.2 Å². The highest BCUT2D eigenvalue weighted by Gasteiger charge is 2.31. The third-order valence-corrected chi connectivity index (χ3v) is 5.95. The van der Waals surface area contributed by atoms with Crippen LogP contribution in [0.3, 0.4) is 0 Å². The van der Waals surface area contributed by atoms with E-state index in [1.165, 1.54) is 0 Å². The molecule has 1 aliphatic rings. The van der Waals surface area contributed by atoms with Crippen LogP contribution < -0.4 is 9.64 Å². The molecule has 1 aromatic carbocycles. The zero-order chi connectivity index (χ0) is 22.2. The van der Waals surface area contributed by atoms with Gasteiger partial charge in [-0.15, -0.1) is 10.2 Å². The lowest BCUT2D eigenvalue weighted by molar-refractivity contribution is 0.0516. The number of ether oxygens (including phenoxy) is 2. The van der Waals surface area contributed by atoms with Gasteiger partial charge in [0.05, 0.1) is 5.69 Å². The van der Waals surface area contributed by atoms with Gasteiger partial charge in [0.15, 0.2) is 24.1 Å². The van der Waals surface area contributed by atoms with Gasteiger partial charge >= 0.3 is 0 Å². The summed E-state index contributed by atoms with van der Waals surface area (Å²) in [5.41, 5.74) is 3.09. The number of oxazole rings is 1. The van der Waals surface area contributed by atoms with E-state index in [0.717, 1.165) is 36.4 Å². The number of aryl methyl sites for hydroxylation is 1. The minimum atomic E-state index is 0.136. The smallest absolute Gasteiger partial charge is 0.192 e. The van der Waals surface area contributed by atoms with Gasteiger partial charge in [-0.2, -0.15) is 0 Å². The third kappa shape index (κ3) is 4.50. The lowest BCUT2D eigenvalue weighted by Crippen LogP contribution is -2.46. The first-order valence-electron chi connectivity index (χ1n) is 10.6. The molecule has 0 bridgehead atoms. The summed E-state index contributed by atoms with van der Waals surface area (Å²) in [4.78, 5) is 9.14. The number of hydrogen-bond donors (Lipinski definition) is 0. The number of benzene rings is 1. The molecule has 1 atom stereocenters. The van der Waals surface area contributed by atoms with E-state index < -0.39 is 0 Å². The van der Waals surface area contributed by atoms with Gasteiger partial charge in [0.1, 0.15) is 11.3 Å². The van der Waals surface area contributed by atoms with Crippen LogP contribution in [0.2, 0.25) is 0 Å². The van der Waals surface area contributed by atoms with Crippen molar-refractivity contribution in [3.8, 4) is 17.0 Å². The molecule has 0 amide bonds. The molecule has 0 aliphatic carbocycles. The number of aromatic nitrogens is 3. The van der Waals surface area contributed by atoms with E-state index in [2.05, 4.69) is 52.8 Å². The van der Waals surface area contributed by atoms with E-state index in [4.69, 9.17) is 13.9 Å². The highest BCUT2D eigenvalue weighted by atomic mass is 16.7. The molecule has 8 heteroatoms. The number of fused-ring (bicyclic) bond motifs is 1. The number of rotatable bonds is 6. The Kier molecular flexibility index (Phi) is 5.85. The summed E-state index contributed by atoms with van der Waals surface area (Å²) in [6.07, 6.45) is 1.12. The van der Waals surface area contributed by atoms with Crippen LogP contribution in [0.4, 0.5) is 5.82 Å². The monoisotopic (exact) mass is 425 g/mol. The molecule has 3 heterocycles. The number of hydrogen-bond acceptors (Lipinski definition) is 8. The Morgan fingerprint density at radius 1 is 1.23 bits per heavy atom. The maximum atomic E-state index is 5.77. The van der Waals surface area contributed by atoms with Gasteiger partial charge in [-0.05, 0) is 52.4 Å². The number of methoxy groups -OCH3 is 1. The quantitative estimate of drug-likeness (QED) is 0.551. The van der Waals surface area contributed by atoms with Gasteiger partial charge < -0.3 is 18.8 Å². The largest absolute Gasteiger partial charge is 0.467 e. The second-order valence-electron chi connectivity index (χ2n) is 9.05. The Bertz CT molecular complexity index is 1040. The first-order chi connectivity index (χ1) is 14.8. The summed E-state index contributed by atoms with van der Waals surface area (Å²) in [5.74, 6) is 2.14. The van der Waals surface area contributed by atoms with Crippen molar-refractivity contribution in [1.29, 1.82) is 0 Å². The molecule has 8 nitrogen and oxygen atoms in total. The summed E-state index contributed by atoms with van der Waals surface area (Å²) < 4.78 is 16.6. The first-order valence-corrected chi connectivity index (χ1v) is 10.6. The van der Waals surface area contributed by atoms with Crippen molar-refractivity contribution in [2.45, 2.75) is 45.7 Å². The van der Waals surface area contributed by atoms with Crippen LogP contribution in [-0.2, 0) is 4.74 Å². The standard InChI is InChI=1S/C23H31N5O3/c1-15-24-19-12-20(30-14-29-6)17(11-21(19)31-15)18-7-8-22(26-25-18)28-10-9-16(13-28)27(5)23(2,3)4/h7-8,11-12,16H,9-10,13-14H2,1-6H3/t16-/m1/s1. The zero-order valence-electron chi connectivity index (χ0n) is 19.2. The second-order valence-corrected chi connectivity index (χ2v) is 9.05. The van der Waals surface area contributed by atoms with Crippen molar-refractivity contribution >= 4 is 16.9 Å². The highest BCUT2D eigenvalue weighted by Crippen LogP contribution is 2.34.